The Bertz CT molecular complexity index is 618. The van der Waals surface area contributed by atoms with E-state index in [1.165, 1.54) is 25.7 Å². The molecule has 0 aromatic heterocycles. The van der Waals surface area contributed by atoms with E-state index < -0.39 is 10.0 Å². The van der Waals surface area contributed by atoms with Crippen LogP contribution in [0, 0.1) is 11.8 Å². The third kappa shape index (κ3) is 4.01. The molecule has 1 aromatic carbocycles. The lowest BCUT2D eigenvalue weighted by molar-refractivity contribution is 0.198. The molecule has 5 heteroatoms. The number of nitrogens with one attached hydrogen (secondary N) is 1. The van der Waals surface area contributed by atoms with Gasteiger partial charge in [0.1, 0.15) is 0 Å². The van der Waals surface area contributed by atoms with Crippen LogP contribution in [0.15, 0.2) is 35.2 Å². The zero-order valence-electron chi connectivity index (χ0n) is 14.7. The molecule has 1 aliphatic carbocycles. The number of hydrogen-bond donors (Lipinski definition) is 1. The van der Waals surface area contributed by atoms with Crippen molar-refractivity contribution in [2.45, 2.75) is 56.4 Å². The highest BCUT2D eigenvalue weighted by Gasteiger charge is 2.34. The molecule has 134 valence electrons. The molecule has 1 aliphatic heterocycles. The highest BCUT2D eigenvalue weighted by molar-refractivity contribution is 7.89. The molecule has 1 heterocycles. The fraction of sp³-hybridized carbons (Fsp3) is 0.684. The summed E-state index contributed by atoms with van der Waals surface area (Å²) in [6.45, 7) is 4.44. The van der Waals surface area contributed by atoms with Crippen molar-refractivity contribution in [2.75, 3.05) is 19.6 Å². The minimum Gasteiger partial charge on any atom is -0.314 e. The van der Waals surface area contributed by atoms with E-state index in [-0.39, 0.29) is 6.04 Å². The summed E-state index contributed by atoms with van der Waals surface area (Å²) >= 11 is 0. The summed E-state index contributed by atoms with van der Waals surface area (Å²) in [4.78, 5) is 0.419. The maximum absolute atomic E-state index is 13.0. The molecule has 2 fully saturated rings. The quantitative estimate of drug-likeness (QED) is 0.887. The molecule has 0 unspecified atom stereocenters. The van der Waals surface area contributed by atoms with Gasteiger partial charge in [-0.15, -0.1) is 0 Å². The molecule has 2 aliphatic rings. The normalized spacial score (nSPS) is 29.5. The summed E-state index contributed by atoms with van der Waals surface area (Å²) in [5.74, 6) is 1.55. The number of benzene rings is 1. The molecule has 3 atom stereocenters. The Labute approximate surface area is 146 Å². The highest BCUT2D eigenvalue weighted by Crippen LogP contribution is 2.34. The van der Waals surface area contributed by atoms with Gasteiger partial charge in [-0.1, -0.05) is 50.8 Å². The first-order valence-electron chi connectivity index (χ1n) is 9.36. The zero-order valence-corrected chi connectivity index (χ0v) is 15.5. The second-order valence-corrected chi connectivity index (χ2v) is 9.28. The second kappa shape index (κ2) is 7.98. The Morgan fingerprint density at radius 2 is 1.88 bits per heavy atom. The Balaban J connectivity index is 1.69. The fourth-order valence-corrected chi connectivity index (χ4v) is 5.94. The average Bonchev–Trinajstić information content (AvgIpc) is 2.62. The molecule has 1 N–H and O–H groups in total. The summed E-state index contributed by atoms with van der Waals surface area (Å²) in [7, 11) is -3.38. The van der Waals surface area contributed by atoms with Crippen molar-refractivity contribution in [1.82, 2.24) is 9.62 Å². The fourth-order valence-electron chi connectivity index (χ4n) is 4.26. The molecule has 4 nitrogen and oxygen atoms in total. The summed E-state index contributed by atoms with van der Waals surface area (Å²) in [6.07, 6.45) is 7.45. The first-order chi connectivity index (χ1) is 11.6. The van der Waals surface area contributed by atoms with Crippen LogP contribution >= 0.6 is 0 Å². The van der Waals surface area contributed by atoms with Gasteiger partial charge in [0.25, 0.3) is 0 Å². The van der Waals surface area contributed by atoms with Gasteiger partial charge in [-0.3, -0.25) is 0 Å². The summed E-state index contributed by atoms with van der Waals surface area (Å²) in [6, 6.07) is 8.95. The van der Waals surface area contributed by atoms with Crippen LogP contribution in [0.3, 0.4) is 0 Å². The average molecular weight is 351 g/mol. The number of piperazine rings is 1. The van der Waals surface area contributed by atoms with Gasteiger partial charge >= 0.3 is 0 Å². The number of sulfonamides is 1. The topological polar surface area (TPSA) is 49.4 Å². The van der Waals surface area contributed by atoms with E-state index in [0.717, 1.165) is 37.8 Å². The zero-order chi connectivity index (χ0) is 17.0. The maximum Gasteiger partial charge on any atom is 0.243 e. The Morgan fingerprint density at radius 3 is 2.62 bits per heavy atom. The molecule has 0 radical (unpaired) electrons. The van der Waals surface area contributed by atoms with Crippen molar-refractivity contribution in [3.63, 3.8) is 0 Å². The number of rotatable bonds is 5. The summed E-state index contributed by atoms with van der Waals surface area (Å²) < 4.78 is 27.8. The summed E-state index contributed by atoms with van der Waals surface area (Å²) in [5, 5.41) is 3.38. The Morgan fingerprint density at radius 1 is 1.12 bits per heavy atom. The van der Waals surface area contributed by atoms with Crippen molar-refractivity contribution in [1.29, 1.82) is 0 Å². The van der Waals surface area contributed by atoms with Gasteiger partial charge in [0.2, 0.25) is 10.0 Å². The van der Waals surface area contributed by atoms with E-state index in [1.54, 1.807) is 28.6 Å². The van der Waals surface area contributed by atoms with Crippen LogP contribution in [0.1, 0.15) is 45.4 Å². The molecule has 1 saturated heterocycles. The Kier molecular flexibility index (Phi) is 5.95. The van der Waals surface area contributed by atoms with Crippen LogP contribution in [0.4, 0.5) is 0 Å². The van der Waals surface area contributed by atoms with Crippen LogP contribution in [0.5, 0.6) is 0 Å². The van der Waals surface area contributed by atoms with Gasteiger partial charge in [0.05, 0.1) is 4.90 Å². The van der Waals surface area contributed by atoms with Crippen LogP contribution in [0.2, 0.25) is 0 Å². The van der Waals surface area contributed by atoms with E-state index in [9.17, 15) is 8.42 Å². The van der Waals surface area contributed by atoms with Crippen LogP contribution in [-0.2, 0) is 10.0 Å². The molecule has 0 spiro atoms. The lowest BCUT2D eigenvalue weighted by Gasteiger charge is -2.37. The second-order valence-electron chi connectivity index (χ2n) is 7.39. The highest BCUT2D eigenvalue weighted by atomic mass is 32.2. The maximum atomic E-state index is 13.0. The Hall–Kier alpha value is -0.910. The monoisotopic (exact) mass is 350 g/mol. The number of nitrogens with zero attached hydrogens (tertiary/aromatic N) is 1. The van der Waals surface area contributed by atoms with Crippen molar-refractivity contribution in [3.8, 4) is 0 Å². The lowest BCUT2D eigenvalue weighted by atomic mass is 9.77. The molecule has 1 saturated carbocycles. The van der Waals surface area contributed by atoms with Crippen LogP contribution in [-0.4, -0.2) is 38.4 Å². The first-order valence-corrected chi connectivity index (χ1v) is 10.8. The van der Waals surface area contributed by atoms with E-state index in [0.29, 0.717) is 11.4 Å². The predicted octanol–water partition coefficient (Wildman–Crippen LogP) is 3.26. The summed E-state index contributed by atoms with van der Waals surface area (Å²) in [5.41, 5.74) is 0. The van der Waals surface area contributed by atoms with E-state index >= 15 is 0 Å². The molecule has 24 heavy (non-hydrogen) atoms. The van der Waals surface area contributed by atoms with Gasteiger partial charge in [0.15, 0.2) is 0 Å². The van der Waals surface area contributed by atoms with Crippen LogP contribution < -0.4 is 5.32 Å². The van der Waals surface area contributed by atoms with Gasteiger partial charge in [-0.25, -0.2) is 8.42 Å². The van der Waals surface area contributed by atoms with Crippen LogP contribution in [0.25, 0.3) is 0 Å². The molecule has 0 amide bonds. The SMILES string of the molecule is C[C@H]1CCCC[C@@H]1CC[C@H]1CNCCN1S(=O)(=O)c1ccccc1. The molecule has 1 aromatic rings. The van der Waals surface area contributed by atoms with Gasteiger partial charge < -0.3 is 5.32 Å². The van der Waals surface area contributed by atoms with Crippen molar-refractivity contribution < 1.29 is 8.42 Å². The lowest BCUT2D eigenvalue weighted by Crippen LogP contribution is -2.53. The minimum atomic E-state index is -3.38. The molecule has 0 bridgehead atoms. The third-order valence-corrected chi connectivity index (χ3v) is 7.77. The van der Waals surface area contributed by atoms with E-state index in [2.05, 4.69) is 12.2 Å². The molecule has 3 rings (SSSR count). The smallest absolute Gasteiger partial charge is 0.243 e. The van der Waals surface area contributed by atoms with Gasteiger partial charge in [-0.2, -0.15) is 4.31 Å². The first kappa shape index (κ1) is 17.9. The van der Waals surface area contributed by atoms with Gasteiger partial charge in [0, 0.05) is 25.7 Å². The van der Waals surface area contributed by atoms with E-state index in [4.69, 9.17) is 0 Å². The molecular formula is C19H30N2O2S. The minimum absolute atomic E-state index is 0.0816. The predicted molar refractivity (Wildman–Crippen MR) is 97.3 cm³/mol. The van der Waals surface area contributed by atoms with Crippen molar-refractivity contribution in [3.05, 3.63) is 30.3 Å². The molecular weight excluding hydrogens is 320 g/mol. The van der Waals surface area contributed by atoms with Gasteiger partial charge in [-0.05, 0) is 36.8 Å². The number of hydrogen-bond acceptors (Lipinski definition) is 3. The third-order valence-electron chi connectivity index (χ3n) is 5.81. The standard InChI is InChI=1S/C19H30N2O2S/c1-16-7-5-6-8-17(16)11-12-18-15-20-13-14-21(18)24(22,23)19-9-3-2-4-10-19/h2-4,9-10,16-18,20H,5-8,11-15H2,1H3/t16-,17+,18-/m0/s1. The van der Waals surface area contributed by atoms with Crippen molar-refractivity contribution >= 4 is 10.0 Å². The van der Waals surface area contributed by atoms with Crippen molar-refractivity contribution in [2.24, 2.45) is 11.8 Å². The largest absolute Gasteiger partial charge is 0.314 e. The van der Waals surface area contributed by atoms with E-state index in [1.807, 2.05) is 6.07 Å².